The lowest BCUT2D eigenvalue weighted by Gasteiger charge is -2.02. The van der Waals surface area contributed by atoms with Crippen molar-refractivity contribution in [1.82, 2.24) is 4.98 Å². The van der Waals surface area contributed by atoms with E-state index >= 15 is 0 Å². The topological polar surface area (TPSA) is 68.0 Å². The van der Waals surface area contributed by atoms with Gasteiger partial charge in [-0.1, -0.05) is 42.5 Å². The molecule has 0 atom stereocenters. The molecule has 5 heteroatoms. The van der Waals surface area contributed by atoms with Crippen molar-refractivity contribution in [3.05, 3.63) is 65.5 Å². The van der Waals surface area contributed by atoms with Crippen molar-refractivity contribution in [2.75, 3.05) is 11.1 Å². The molecule has 110 valence electrons. The van der Waals surface area contributed by atoms with E-state index in [2.05, 4.69) is 10.3 Å². The fraction of sp³-hybridized carbons (Fsp3) is 0.0588. The van der Waals surface area contributed by atoms with Gasteiger partial charge in [-0.05, 0) is 17.7 Å². The fourth-order valence-electron chi connectivity index (χ4n) is 2.11. The molecule has 0 saturated heterocycles. The Hall–Kier alpha value is -2.66. The third-order valence-corrected chi connectivity index (χ3v) is 3.90. The van der Waals surface area contributed by atoms with Gasteiger partial charge < -0.3 is 11.1 Å². The van der Waals surface area contributed by atoms with Crippen molar-refractivity contribution in [2.24, 2.45) is 0 Å². The maximum atomic E-state index is 12.0. The summed E-state index contributed by atoms with van der Waals surface area (Å²) in [5.41, 5.74) is 9.21. The summed E-state index contributed by atoms with van der Waals surface area (Å²) < 4.78 is 0. The highest BCUT2D eigenvalue weighted by Gasteiger charge is 2.08. The summed E-state index contributed by atoms with van der Waals surface area (Å²) in [7, 11) is 0. The maximum absolute atomic E-state index is 12.0. The van der Waals surface area contributed by atoms with E-state index < -0.39 is 0 Å². The molecule has 0 saturated carbocycles. The van der Waals surface area contributed by atoms with Crippen LogP contribution in [0, 0.1) is 0 Å². The number of carbonyl (C=O) groups is 1. The molecule has 1 aromatic heterocycles. The van der Waals surface area contributed by atoms with Crippen LogP contribution in [0.3, 0.4) is 0 Å². The number of thiazole rings is 1. The number of nitrogens with zero attached hydrogens (tertiary/aromatic N) is 1. The second kappa shape index (κ2) is 6.41. The summed E-state index contributed by atoms with van der Waals surface area (Å²) in [4.78, 5) is 16.5. The van der Waals surface area contributed by atoms with Gasteiger partial charge in [0.2, 0.25) is 5.91 Å². The van der Waals surface area contributed by atoms with Crippen molar-refractivity contribution >= 4 is 28.1 Å². The molecule has 0 unspecified atom stereocenters. The third kappa shape index (κ3) is 3.51. The molecule has 0 radical (unpaired) electrons. The number of benzene rings is 2. The van der Waals surface area contributed by atoms with E-state index in [0.717, 1.165) is 16.8 Å². The second-order valence-electron chi connectivity index (χ2n) is 4.87. The first-order chi connectivity index (χ1) is 10.7. The molecule has 0 spiro atoms. The van der Waals surface area contributed by atoms with E-state index in [4.69, 9.17) is 5.73 Å². The normalized spacial score (nSPS) is 10.4. The Bertz CT molecular complexity index is 783. The Labute approximate surface area is 132 Å². The molecule has 4 nitrogen and oxygen atoms in total. The number of nitrogens with one attached hydrogen (secondary N) is 1. The van der Waals surface area contributed by atoms with Crippen LogP contribution in [0.25, 0.3) is 11.3 Å². The Morgan fingerprint density at radius 2 is 1.95 bits per heavy atom. The van der Waals surface area contributed by atoms with E-state index in [1.54, 1.807) is 0 Å². The lowest BCUT2D eigenvalue weighted by Crippen LogP contribution is -2.14. The number of carbonyl (C=O) groups excluding carboxylic acids is 1. The van der Waals surface area contributed by atoms with Crippen LogP contribution in [0.15, 0.2) is 60.0 Å². The maximum Gasteiger partial charge on any atom is 0.230 e. The van der Waals surface area contributed by atoms with Crippen LogP contribution in [0.2, 0.25) is 0 Å². The van der Waals surface area contributed by atoms with Crippen molar-refractivity contribution in [2.45, 2.75) is 6.42 Å². The highest BCUT2D eigenvalue weighted by atomic mass is 32.1. The molecule has 3 rings (SSSR count). The highest BCUT2D eigenvalue weighted by Crippen LogP contribution is 2.26. The number of nitrogens with two attached hydrogens (primary N) is 1. The van der Waals surface area contributed by atoms with Crippen LogP contribution >= 0.6 is 11.3 Å². The first-order valence-corrected chi connectivity index (χ1v) is 7.74. The molecule has 3 aromatic rings. The van der Waals surface area contributed by atoms with Gasteiger partial charge in [0, 0.05) is 16.6 Å². The predicted octanol–water partition coefficient (Wildman–Crippen LogP) is 3.57. The number of hydrogen-bond acceptors (Lipinski definition) is 4. The highest BCUT2D eigenvalue weighted by molar-refractivity contribution is 7.14. The minimum Gasteiger partial charge on any atom is -0.399 e. The van der Waals surface area contributed by atoms with E-state index in [0.29, 0.717) is 17.2 Å². The third-order valence-electron chi connectivity index (χ3n) is 3.14. The van der Waals surface area contributed by atoms with Gasteiger partial charge in [0.15, 0.2) is 5.13 Å². The molecule has 1 amide bonds. The van der Waals surface area contributed by atoms with Gasteiger partial charge in [-0.25, -0.2) is 4.98 Å². The number of anilines is 2. The van der Waals surface area contributed by atoms with Crippen LogP contribution in [0.4, 0.5) is 10.8 Å². The SMILES string of the molecule is Nc1cccc(-c2csc(NC(=O)Cc3ccccc3)n2)c1. The zero-order valence-corrected chi connectivity index (χ0v) is 12.6. The Morgan fingerprint density at radius 3 is 2.73 bits per heavy atom. The van der Waals surface area contributed by atoms with Crippen molar-refractivity contribution in [1.29, 1.82) is 0 Å². The Kier molecular flexibility index (Phi) is 4.16. The van der Waals surface area contributed by atoms with Gasteiger partial charge in [-0.3, -0.25) is 4.79 Å². The van der Waals surface area contributed by atoms with Crippen LogP contribution in [0.5, 0.6) is 0 Å². The standard InChI is InChI=1S/C17H15N3OS/c18-14-8-4-7-13(10-14)15-11-22-17(19-15)20-16(21)9-12-5-2-1-3-6-12/h1-8,10-11H,9,18H2,(H,19,20,21). The zero-order chi connectivity index (χ0) is 15.4. The minimum atomic E-state index is -0.0697. The molecule has 0 aliphatic rings. The average molecular weight is 309 g/mol. The van der Waals surface area contributed by atoms with Crippen LogP contribution in [-0.4, -0.2) is 10.9 Å². The molecule has 0 aliphatic carbocycles. The number of nitrogen functional groups attached to an aromatic ring is 1. The molecule has 2 aromatic carbocycles. The second-order valence-corrected chi connectivity index (χ2v) is 5.73. The molecule has 0 aliphatic heterocycles. The molecular formula is C17H15N3OS. The van der Waals surface area contributed by atoms with Crippen LogP contribution in [0.1, 0.15) is 5.56 Å². The van der Waals surface area contributed by atoms with E-state index in [1.807, 2.05) is 60.0 Å². The Morgan fingerprint density at radius 1 is 1.14 bits per heavy atom. The van der Waals surface area contributed by atoms with Gasteiger partial charge in [0.25, 0.3) is 0 Å². The van der Waals surface area contributed by atoms with Gasteiger partial charge in [0.1, 0.15) is 0 Å². The first kappa shape index (κ1) is 14.3. The summed E-state index contributed by atoms with van der Waals surface area (Å²) in [5, 5.41) is 5.34. The van der Waals surface area contributed by atoms with E-state index in [-0.39, 0.29) is 5.91 Å². The van der Waals surface area contributed by atoms with Crippen molar-refractivity contribution in [3.63, 3.8) is 0 Å². The van der Waals surface area contributed by atoms with E-state index in [1.165, 1.54) is 11.3 Å². The number of hydrogen-bond donors (Lipinski definition) is 2. The molecule has 22 heavy (non-hydrogen) atoms. The molecular weight excluding hydrogens is 294 g/mol. The zero-order valence-electron chi connectivity index (χ0n) is 11.8. The van der Waals surface area contributed by atoms with E-state index in [9.17, 15) is 4.79 Å². The average Bonchev–Trinajstić information content (AvgIpc) is 2.96. The van der Waals surface area contributed by atoms with Crippen molar-refractivity contribution in [3.8, 4) is 11.3 Å². The minimum absolute atomic E-state index is 0.0697. The first-order valence-electron chi connectivity index (χ1n) is 6.86. The Balaban J connectivity index is 1.68. The van der Waals surface area contributed by atoms with Gasteiger partial charge in [0.05, 0.1) is 12.1 Å². The molecule has 3 N–H and O–H groups in total. The summed E-state index contributed by atoms with van der Waals surface area (Å²) in [5.74, 6) is -0.0697. The van der Waals surface area contributed by atoms with Gasteiger partial charge in [-0.2, -0.15) is 0 Å². The number of amides is 1. The summed E-state index contributed by atoms with van der Waals surface area (Å²) in [6.07, 6.45) is 0.341. The summed E-state index contributed by atoms with van der Waals surface area (Å²) in [6.45, 7) is 0. The quantitative estimate of drug-likeness (QED) is 0.724. The lowest BCUT2D eigenvalue weighted by atomic mass is 10.1. The molecule has 0 bridgehead atoms. The summed E-state index contributed by atoms with van der Waals surface area (Å²) >= 11 is 1.41. The number of rotatable bonds is 4. The fourth-order valence-corrected chi connectivity index (χ4v) is 2.84. The molecule has 0 fully saturated rings. The van der Waals surface area contributed by atoms with Gasteiger partial charge in [-0.15, -0.1) is 11.3 Å². The van der Waals surface area contributed by atoms with Crippen LogP contribution in [-0.2, 0) is 11.2 Å². The molecule has 1 heterocycles. The monoisotopic (exact) mass is 309 g/mol. The lowest BCUT2D eigenvalue weighted by molar-refractivity contribution is -0.115. The van der Waals surface area contributed by atoms with Gasteiger partial charge >= 0.3 is 0 Å². The number of aromatic nitrogens is 1. The predicted molar refractivity (Wildman–Crippen MR) is 90.7 cm³/mol. The smallest absolute Gasteiger partial charge is 0.230 e. The van der Waals surface area contributed by atoms with Crippen molar-refractivity contribution < 1.29 is 4.79 Å². The largest absolute Gasteiger partial charge is 0.399 e. The van der Waals surface area contributed by atoms with Crippen LogP contribution < -0.4 is 11.1 Å². The summed E-state index contributed by atoms with van der Waals surface area (Å²) in [6, 6.07) is 17.2.